The monoisotopic (exact) mass is 597 g/mol. The topological polar surface area (TPSA) is 126 Å². The maximum absolute atomic E-state index is 14.1. The quantitative estimate of drug-likeness (QED) is 0.198. The first-order valence-electron chi connectivity index (χ1n) is 14.4. The maximum atomic E-state index is 14.1. The second-order valence-electron chi connectivity index (χ2n) is 11.1. The average Bonchev–Trinajstić information content (AvgIpc) is 3.56. The Labute approximate surface area is 257 Å². The molecule has 3 N–H and O–H groups in total. The number of aromatic amines is 1. The summed E-state index contributed by atoms with van der Waals surface area (Å²) in [6.45, 7) is 4.44. The van der Waals surface area contributed by atoms with Crippen molar-refractivity contribution in [3.63, 3.8) is 0 Å². The third kappa shape index (κ3) is 9.45. The lowest BCUT2D eigenvalue weighted by molar-refractivity contribution is -0.138. The molecule has 10 heteroatoms. The van der Waals surface area contributed by atoms with E-state index in [1.165, 1.54) is 11.2 Å². The zero-order valence-corrected chi connectivity index (χ0v) is 25.3. The number of aromatic nitrogens is 2. The van der Waals surface area contributed by atoms with Crippen molar-refractivity contribution >= 4 is 17.9 Å². The molecule has 4 rings (SSSR count). The van der Waals surface area contributed by atoms with E-state index in [-0.39, 0.29) is 37.4 Å². The van der Waals surface area contributed by atoms with Gasteiger partial charge in [-0.15, -0.1) is 0 Å². The molecule has 3 aromatic carbocycles. The van der Waals surface area contributed by atoms with Gasteiger partial charge in [-0.05, 0) is 28.8 Å². The first-order chi connectivity index (χ1) is 21.2. The summed E-state index contributed by atoms with van der Waals surface area (Å²) in [4.78, 5) is 48.8. The lowest BCUT2D eigenvalue weighted by Gasteiger charge is -2.29. The second-order valence-corrected chi connectivity index (χ2v) is 11.1. The molecule has 0 aliphatic heterocycles. The van der Waals surface area contributed by atoms with Crippen LogP contribution in [0.5, 0.6) is 5.75 Å². The minimum Gasteiger partial charge on any atom is -0.497 e. The maximum Gasteiger partial charge on any atom is 0.408 e. The summed E-state index contributed by atoms with van der Waals surface area (Å²) in [6.07, 6.45) is 2.51. The fourth-order valence-electron chi connectivity index (χ4n) is 4.64. The van der Waals surface area contributed by atoms with Crippen LogP contribution in [0.2, 0.25) is 0 Å². The Kier molecular flexibility index (Phi) is 11.1. The van der Waals surface area contributed by atoms with Crippen LogP contribution in [-0.2, 0) is 39.3 Å². The number of imidazole rings is 1. The molecule has 4 aromatic rings. The second kappa shape index (κ2) is 15.4. The van der Waals surface area contributed by atoms with Crippen LogP contribution in [0.15, 0.2) is 97.5 Å². The number of nitrogens with one attached hydrogen (secondary N) is 3. The fourth-order valence-corrected chi connectivity index (χ4v) is 4.64. The zero-order valence-electron chi connectivity index (χ0n) is 25.3. The van der Waals surface area contributed by atoms with Gasteiger partial charge in [0, 0.05) is 31.1 Å². The molecule has 0 saturated heterocycles. The lowest BCUT2D eigenvalue weighted by Crippen LogP contribution is -2.52. The van der Waals surface area contributed by atoms with E-state index in [1.807, 2.05) is 86.6 Å². The summed E-state index contributed by atoms with van der Waals surface area (Å²) >= 11 is 0. The van der Waals surface area contributed by atoms with Crippen molar-refractivity contribution in [1.82, 2.24) is 25.5 Å². The van der Waals surface area contributed by atoms with Crippen molar-refractivity contribution in [3.05, 3.63) is 120 Å². The number of ether oxygens (including phenoxy) is 2. The highest BCUT2D eigenvalue weighted by Crippen LogP contribution is 2.22. The van der Waals surface area contributed by atoms with Crippen LogP contribution in [0.25, 0.3) is 0 Å². The van der Waals surface area contributed by atoms with E-state index in [1.54, 1.807) is 25.4 Å². The van der Waals surface area contributed by atoms with Crippen LogP contribution < -0.4 is 15.4 Å². The Morgan fingerprint density at radius 2 is 1.61 bits per heavy atom. The van der Waals surface area contributed by atoms with Crippen molar-refractivity contribution in [2.75, 3.05) is 20.2 Å². The molecular weight excluding hydrogens is 558 g/mol. The molecule has 1 unspecified atom stereocenters. The minimum absolute atomic E-state index is 0.0468. The fraction of sp³-hybridized carbons (Fsp3) is 0.294. The SMILES string of the molecule is COc1ccc(CN(CC(=O)NCC(C)(C)c2ccccc2)C(=O)C(Cc2c[nH]cn2)NC(=O)OCc2ccccc2)cc1. The number of amides is 3. The van der Waals surface area contributed by atoms with Gasteiger partial charge in [-0.25, -0.2) is 9.78 Å². The van der Waals surface area contributed by atoms with Gasteiger partial charge in [0.25, 0.3) is 0 Å². The van der Waals surface area contributed by atoms with Crippen LogP contribution in [0.1, 0.15) is 36.2 Å². The van der Waals surface area contributed by atoms with Crippen molar-refractivity contribution in [2.45, 2.75) is 44.9 Å². The highest BCUT2D eigenvalue weighted by molar-refractivity contribution is 5.89. The van der Waals surface area contributed by atoms with E-state index in [0.29, 0.717) is 18.0 Å². The minimum atomic E-state index is -1.03. The number of carbonyl (C=O) groups is 3. The van der Waals surface area contributed by atoms with Crippen molar-refractivity contribution in [1.29, 1.82) is 0 Å². The van der Waals surface area contributed by atoms with Gasteiger partial charge in [0.05, 0.1) is 25.7 Å². The molecule has 1 atom stereocenters. The Morgan fingerprint density at radius 1 is 0.932 bits per heavy atom. The number of hydrogen-bond acceptors (Lipinski definition) is 6. The molecule has 230 valence electrons. The van der Waals surface area contributed by atoms with E-state index >= 15 is 0 Å². The van der Waals surface area contributed by atoms with Crippen LogP contribution in [-0.4, -0.2) is 59.0 Å². The molecule has 0 bridgehead atoms. The van der Waals surface area contributed by atoms with Gasteiger partial charge in [-0.1, -0.05) is 86.6 Å². The third-order valence-electron chi connectivity index (χ3n) is 7.23. The zero-order chi connectivity index (χ0) is 31.4. The van der Waals surface area contributed by atoms with Crippen molar-refractivity contribution in [3.8, 4) is 5.75 Å². The van der Waals surface area contributed by atoms with Crippen LogP contribution in [0.3, 0.4) is 0 Å². The summed E-state index contributed by atoms with van der Waals surface area (Å²) in [5.74, 6) is -0.0919. The highest BCUT2D eigenvalue weighted by atomic mass is 16.5. The van der Waals surface area contributed by atoms with Gasteiger partial charge in [-0.2, -0.15) is 0 Å². The predicted molar refractivity (Wildman–Crippen MR) is 167 cm³/mol. The molecular formula is C34H39N5O5. The molecule has 1 aromatic heterocycles. The van der Waals surface area contributed by atoms with Gasteiger partial charge in [0.15, 0.2) is 0 Å². The number of carbonyl (C=O) groups excluding carboxylic acids is 3. The third-order valence-corrected chi connectivity index (χ3v) is 7.23. The molecule has 1 heterocycles. The van der Waals surface area contributed by atoms with Gasteiger partial charge in [0.2, 0.25) is 11.8 Å². The lowest BCUT2D eigenvalue weighted by atomic mass is 9.84. The predicted octanol–water partition coefficient (Wildman–Crippen LogP) is 4.38. The van der Waals surface area contributed by atoms with E-state index in [0.717, 1.165) is 16.7 Å². The van der Waals surface area contributed by atoms with Crippen LogP contribution in [0, 0.1) is 0 Å². The Balaban J connectivity index is 1.50. The number of rotatable bonds is 14. The van der Waals surface area contributed by atoms with Crippen molar-refractivity contribution < 1.29 is 23.9 Å². The van der Waals surface area contributed by atoms with E-state index < -0.39 is 18.0 Å². The summed E-state index contributed by atoms with van der Waals surface area (Å²) in [7, 11) is 1.58. The van der Waals surface area contributed by atoms with Gasteiger partial charge in [0.1, 0.15) is 18.4 Å². The summed E-state index contributed by atoms with van der Waals surface area (Å²) in [5.41, 5.74) is 2.94. The smallest absolute Gasteiger partial charge is 0.408 e. The number of methoxy groups -OCH3 is 1. The summed E-state index contributed by atoms with van der Waals surface area (Å²) in [6, 6.07) is 25.4. The number of nitrogens with zero attached hydrogens (tertiary/aromatic N) is 2. The van der Waals surface area contributed by atoms with Crippen molar-refractivity contribution in [2.24, 2.45) is 0 Å². The average molecular weight is 598 g/mol. The van der Waals surface area contributed by atoms with Gasteiger partial charge < -0.3 is 30.0 Å². The number of benzene rings is 3. The standard InChI is InChI=1S/C34H39N5O5/c1-34(2,27-12-8-5-9-13-27)23-36-31(40)21-39(20-25-14-16-29(43-3)17-15-25)32(41)30(18-28-19-35-24-37-28)38-33(42)44-22-26-10-6-4-7-11-26/h4-17,19,24,30H,18,20-23H2,1-3H3,(H,35,37)(H,36,40)(H,38,42). The van der Waals surface area contributed by atoms with E-state index in [2.05, 4.69) is 20.6 Å². The molecule has 0 aliphatic carbocycles. The first kappa shape index (κ1) is 31.8. The Bertz CT molecular complexity index is 1480. The van der Waals surface area contributed by atoms with Gasteiger partial charge in [-0.3, -0.25) is 9.59 Å². The molecule has 0 aliphatic rings. The molecule has 0 spiro atoms. The number of H-pyrrole nitrogens is 1. The Hall–Kier alpha value is -5.12. The molecule has 3 amide bonds. The number of alkyl carbamates (subject to hydrolysis) is 1. The molecule has 0 fully saturated rings. The van der Waals surface area contributed by atoms with Crippen LogP contribution in [0.4, 0.5) is 4.79 Å². The molecule has 44 heavy (non-hydrogen) atoms. The first-order valence-corrected chi connectivity index (χ1v) is 14.4. The molecule has 0 saturated carbocycles. The van der Waals surface area contributed by atoms with E-state index in [4.69, 9.17) is 9.47 Å². The Morgan fingerprint density at radius 3 is 2.25 bits per heavy atom. The summed E-state index contributed by atoms with van der Waals surface area (Å²) in [5, 5.41) is 5.70. The largest absolute Gasteiger partial charge is 0.497 e. The highest BCUT2D eigenvalue weighted by Gasteiger charge is 2.30. The molecule has 0 radical (unpaired) electrons. The van der Waals surface area contributed by atoms with Crippen LogP contribution >= 0.6 is 0 Å². The van der Waals surface area contributed by atoms with E-state index in [9.17, 15) is 14.4 Å². The summed E-state index contributed by atoms with van der Waals surface area (Å²) < 4.78 is 10.7. The normalized spacial score (nSPS) is 11.7. The molecule has 10 nitrogen and oxygen atoms in total. The van der Waals surface area contributed by atoms with Gasteiger partial charge >= 0.3 is 6.09 Å². The number of hydrogen-bond donors (Lipinski definition) is 3.